The first-order chi connectivity index (χ1) is 9.97. The molecule has 0 unspecified atom stereocenters. The van der Waals surface area contributed by atoms with Gasteiger partial charge in [0, 0.05) is 0 Å². The zero-order chi connectivity index (χ0) is 15.4. The van der Waals surface area contributed by atoms with Gasteiger partial charge in [-0.1, -0.05) is 6.42 Å². The fourth-order valence-electron chi connectivity index (χ4n) is 2.53. The molecule has 0 radical (unpaired) electrons. The largest absolute Gasteiger partial charge is 0.488 e. The first-order valence-electron chi connectivity index (χ1n) is 7.10. The maximum absolute atomic E-state index is 10.8. The lowest BCUT2D eigenvalue weighted by Gasteiger charge is -2.24. The summed E-state index contributed by atoms with van der Waals surface area (Å²) < 4.78 is 8.21. The van der Waals surface area contributed by atoms with Crippen molar-refractivity contribution in [2.24, 2.45) is 5.73 Å². The van der Waals surface area contributed by atoms with Crippen LogP contribution in [0.4, 0.5) is 0 Å². The van der Waals surface area contributed by atoms with Crippen molar-refractivity contribution in [2.75, 3.05) is 0 Å². The lowest BCUT2D eigenvalue weighted by molar-refractivity contribution is -0.138. The molecule has 21 heavy (non-hydrogen) atoms. The van der Waals surface area contributed by atoms with Crippen molar-refractivity contribution in [1.29, 1.82) is 0 Å². The summed E-state index contributed by atoms with van der Waals surface area (Å²) >= 11 is 4.51. The van der Waals surface area contributed by atoms with Gasteiger partial charge in [-0.2, -0.15) is 0 Å². The van der Waals surface area contributed by atoms with Crippen molar-refractivity contribution in [1.82, 2.24) is 0 Å². The second kappa shape index (κ2) is 7.96. The van der Waals surface area contributed by atoms with Gasteiger partial charge in [-0.05, 0) is 95.0 Å². The number of hydrogen-bond acceptors (Lipinski definition) is 3. The van der Waals surface area contributed by atoms with E-state index in [0.29, 0.717) is 12.5 Å². The van der Waals surface area contributed by atoms with Crippen molar-refractivity contribution >= 4 is 51.2 Å². The number of carbonyl (C=O) groups is 1. The molecule has 0 amide bonds. The topological polar surface area (TPSA) is 72.5 Å². The second-order valence-electron chi connectivity index (χ2n) is 5.42. The first kappa shape index (κ1) is 17.3. The lowest BCUT2D eigenvalue weighted by Crippen LogP contribution is -2.32. The van der Waals surface area contributed by atoms with Crippen LogP contribution < -0.4 is 10.5 Å². The van der Waals surface area contributed by atoms with Crippen LogP contribution in [0.2, 0.25) is 0 Å². The van der Waals surface area contributed by atoms with Gasteiger partial charge in [0.25, 0.3) is 0 Å². The molecule has 0 bridgehead atoms. The molecule has 4 nitrogen and oxygen atoms in total. The fourth-order valence-corrected chi connectivity index (χ4v) is 4.69. The minimum atomic E-state index is -0.970. The van der Waals surface area contributed by atoms with E-state index in [4.69, 9.17) is 15.6 Å². The molecule has 1 aromatic rings. The number of rotatable bonds is 5. The third-order valence-corrected chi connectivity index (χ3v) is 5.27. The summed E-state index contributed by atoms with van der Waals surface area (Å²) in [5, 5.41) is 8.90. The molecular formula is C15H19I2NO3. The molecule has 1 saturated carbocycles. The molecule has 0 aromatic heterocycles. The van der Waals surface area contributed by atoms with E-state index in [-0.39, 0.29) is 0 Å². The van der Waals surface area contributed by atoms with Gasteiger partial charge in [-0.15, -0.1) is 0 Å². The summed E-state index contributed by atoms with van der Waals surface area (Å²) in [7, 11) is 0. The predicted molar refractivity (Wildman–Crippen MR) is 98.7 cm³/mol. The van der Waals surface area contributed by atoms with Crippen LogP contribution in [0.15, 0.2) is 12.1 Å². The molecule has 116 valence electrons. The number of benzene rings is 1. The average molecular weight is 515 g/mol. The van der Waals surface area contributed by atoms with Crippen molar-refractivity contribution in [3.63, 3.8) is 0 Å². The molecule has 1 fully saturated rings. The van der Waals surface area contributed by atoms with Crippen LogP contribution >= 0.6 is 45.2 Å². The highest BCUT2D eigenvalue weighted by molar-refractivity contribution is 14.1. The minimum absolute atomic E-state index is 0.313. The Morgan fingerprint density at radius 3 is 2.38 bits per heavy atom. The third-order valence-electron chi connectivity index (χ3n) is 3.67. The van der Waals surface area contributed by atoms with Crippen LogP contribution in [0.3, 0.4) is 0 Å². The van der Waals surface area contributed by atoms with Gasteiger partial charge in [-0.25, -0.2) is 0 Å². The van der Waals surface area contributed by atoms with Crippen LogP contribution in [-0.2, 0) is 11.2 Å². The van der Waals surface area contributed by atoms with E-state index in [1.165, 1.54) is 19.3 Å². The van der Waals surface area contributed by atoms with Crippen LogP contribution in [-0.4, -0.2) is 23.2 Å². The maximum Gasteiger partial charge on any atom is 0.320 e. The molecule has 0 spiro atoms. The number of carboxylic acid groups (broad SMARTS) is 1. The quantitative estimate of drug-likeness (QED) is 0.589. The molecule has 0 saturated heterocycles. The Hall–Kier alpha value is -0.0900. The maximum atomic E-state index is 10.8. The Morgan fingerprint density at radius 2 is 1.86 bits per heavy atom. The molecule has 1 aliphatic carbocycles. The normalized spacial score (nSPS) is 17.5. The summed E-state index contributed by atoms with van der Waals surface area (Å²) in [6.07, 6.45) is 6.68. The summed E-state index contributed by atoms with van der Waals surface area (Å²) in [6.45, 7) is 0. The number of hydrogen-bond donors (Lipinski definition) is 2. The molecule has 1 atom stereocenters. The van der Waals surface area contributed by atoms with E-state index < -0.39 is 12.0 Å². The van der Waals surface area contributed by atoms with Crippen LogP contribution in [0.1, 0.15) is 37.7 Å². The van der Waals surface area contributed by atoms with Gasteiger partial charge in [0.05, 0.1) is 13.2 Å². The van der Waals surface area contributed by atoms with Crippen LogP contribution in [0.25, 0.3) is 0 Å². The number of nitrogens with two attached hydrogens (primary N) is 1. The molecule has 1 aliphatic rings. The molecule has 2 rings (SSSR count). The highest BCUT2D eigenvalue weighted by Gasteiger charge is 2.19. The van der Waals surface area contributed by atoms with Gasteiger partial charge in [0.15, 0.2) is 0 Å². The Morgan fingerprint density at radius 1 is 1.29 bits per heavy atom. The van der Waals surface area contributed by atoms with Gasteiger partial charge in [0.1, 0.15) is 11.8 Å². The zero-order valence-corrected chi connectivity index (χ0v) is 16.0. The molecular weight excluding hydrogens is 496 g/mol. The fraction of sp³-hybridized carbons (Fsp3) is 0.533. The SMILES string of the molecule is N[C@@H](Cc1cc(I)c(OC2CCCCC2)c(I)c1)C(=O)O. The van der Waals surface area contributed by atoms with Crippen molar-refractivity contribution in [3.8, 4) is 5.75 Å². The van der Waals surface area contributed by atoms with Crippen LogP contribution in [0, 0.1) is 7.14 Å². The van der Waals surface area contributed by atoms with E-state index in [1.807, 2.05) is 12.1 Å². The Bertz CT molecular complexity index is 493. The standard InChI is InChI=1S/C15H19I2NO3/c16-11-6-9(8-13(18)15(19)20)7-12(17)14(11)21-10-4-2-1-3-5-10/h6-7,10,13H,1-5,8,18H2,(H,19,20)/t13-/m0/s1. The number of ether oxygens (including phenoxy) is 1. The van der Waals surface area contributed by atoms with Crippen molar-refractivity contribution in [3.05, 3.63) is 24.8 Å². The Balaban J connectivity index is 2.11. The van der Waals surface area contributed by atoms with Gasteiger partial charge < -0.3 is 15.6 Å². The summed E-state index contributed by atoms with van der Waals surface area (Å²) in [5.41, 5.74) is 6.54. The summed E-state index contributed by atoms with van der Waals surface area (Å²) in [6, 6.07) is 3.09. The van der Waals surface area contributed by atoms with E-state index in [0.717, 1.165) is 31.3 Å². The summed E-state index contributed by atoms with van der Waals surface area (Å²) in [4.78, 5) is 10.8. The highest BCUT2D eigenvalue weighted by Crippen LogP contribution is 2.32. The van der Waals surface area contributed by atoms with E-state index in [1.54, 1.807) is 0 Å². The monoisotopic (exact) mass is 515 g/mol. The molecule has 3 N–H and O–H groups in total. The first-order valence-corrected chi connectivity index (χ1v) is 9.26. The number of halogens is 2. The number of carboxylic acids is 1. The smallest absolute Gasteiger partial charge is 0.320 e. The second-order valence-corrected chi connectivity index (χ2v) is 7.74. The van der Waals surface area contributed by atoms with E-state index in [2.05, 4.69) is 45.2 Å². The van der Waals surface area contributed by atoms with Gasteiger partial charge >= 0.3 is 5.97 Å². The van der Waals surface area contributed by atoms with Gasteiger partial charge in [-0.3, -0.25) is 4.79 Å². The summed E-state index contributed by atoms with van der Waals surface area (Å²) in [5.74, 6) is -0.0432. The Kier molecular flexibility index (Phi) is 6.54. The van der Waals surface area contributed by atoms with Crippen molar-refractivity contribution < 1.29 is 14.6 Å². The van der Waals surface area contributed by atoms with Gasteiger partial charge in [0.2, 0.25) is 0 Å². The van der Waals surface area contributed by atoms with E-state index in [9.17, 15) is 4.79 Å². The zero-order valence-electron chi connectivity index (χ0n) is 11.6. The minimum Gasteiger partial charge on any atom is -0.488 e. The average Bonchev–Trinajstić information content (AvgIpc) is 2.44. The van der Waals surface area contributed by atoms with Crippen molar-refractivity contribution in [2.45, 2.75) is 50.7 Å². The highest BCUT2D eigenvalue weighted by atomic mass is 127. The van der Waals surface area contributed by atoms with E-state index >= 15 is 0 Å². The molecule has 0 heterocycles. The lowest BCUT2D eigenvalue weighted by atomic mass is 9.98. The molecule has 0 aliphatic heterocycles. The number of aliphatic carboxylic acids is 1. The molecule has 1 aromatic carbocycles. The Labute approximate surface area is 152 Å². The predicted octanol–water partition coefficient (Wildman–Crippen LogP) is 3.56. The van der Waals surface area contributed by atoms with Crippen LogP contribution in [0.5, 0.6) is 5.75 Å². The molecule has 6 heteroatoms. The third kappa shape index (κ3) is 4.95.